The third kappa shape index (κ3) is 2.22. The molecule has 15 heavy (non-hydrogen) atoms. The molecule has 1 unspecified atom stereocenters. The van der Waals surface area contributed by atoms with E-state index in [0.717, 1.165) is 5.57 Å². The molecule has 2 aliphatic rings. The van der Waals surface area contributed by atoms with Gasteiger partial charge in [-0.3, -0.25) is 4.99 Å². The summed E-state index contributed by atoms with van der Waals surface area (Å²) in [6.45, 7) is 0. The van der Waals surface area contributed by atoms with Crippen molar-refractivity contribution < 1.29 is 13.2 Å². The molecule has 2 aliphatic heterocycles. The van der Waals surface area contributed by atoms with E-state index in [9.17, 15) is 13.2 Å². The third-order valence-corrected chi connectivity index (χ3v) is 2.61. The highest BCUT2D eigenvalue weighted by molar-refractivity contribution is 5.64. The van der Waals surface area contributed by atoms with Crippen LogP contribution in [0.1, 0.15) is 19.3 Å². The minimum atomic E-state index is -4.17. The van der Waals surface area contributed by atoms with E-state index in [2.05, 4.69) is 10.3 Å². The predicted octanol–water partition coefficient (Wildman–Crippen LogP) is 2.54. The fraction of sp³-hybridized carbons (Fsp3) is 0.500. The van der Waals surface area contributed by atoms with Crippen LogP contribution in [0.25, 0.3) is 0 Å². The Balaban J connectivity index is 2.17. The van der Waals surface area contributed by atoms with E-state index in [1.807, 2.05) is 0 Å². The smallest absolute Gasteiger partial charge is 0.374 e. The second-order valence-electron chi connectivity index (χ2n) is 3.65. The van der Waals surface area contributed by atoms with Crippen LogP contribution in [0.15, 0.2) is 28.5 Å². The van der Waals surface area contributed by atoms with Crippen LogP contribution >= 0.6 is 0 Å². The lowest BCUT2D eigenvalue weighted by atomic mass is 9.96. The number of halogens is 3. The van der Waals surface area contributed by atoms with Gasteiger partial charge in [-0.2, -0.15) is 13.2 Å². The van der Waals surface area contributed by atoms with Crippen molar-refractivity contribution in [1.29, 1.82) is 0 Å². The summed E-state index contributed by atoms with van der Waals surface area (Å²) in [5.41, 5.74) is 1.59. The molecule has 1 atom stereocenters. The molecule has 0 bridgehead atoms. The molecule has 2 rings (SSSR count). The van der Waals surface area contributed by atoms with E-state index < -0.39 is 12.2 Å². The molecule has 1 N–H and O–H groups in total. The van der Waals surface area contributed by atoms with Crippen molar-refractivity contribution in [3.05, 3.63) is 23.5 Å². The summed E-state index contributed by atoms with van der Waals surface area (Å²) in [5, 5.41) is 2.52. The van der Waals surface area contributed by atoms with E-state index in [1.165, 1.54) is 6.20 Å². The molecule has 0 aromatic carbocycles. The van der Waals surface area contributed by atoms with Crippen LogP contribution < -0.4 is 5.32 Å². The highest BCUT2D eigenvalue weighted by atomic mass is 19.4. The first kappa shape index (κ1) is 10.3. The van der Waals surface area contributed by atoms with Gasteiger partial charge in [0, 0.05) is 24.5 Å². The normalized spacial score (nSPS) is 25.9. The van der Waals surface area contributed by atoms with Gasteiger partial charge in [0.15, 0.2) is 0 Å². The van der Waals surface area contributed by atoms with Crippen LogP contribution in [0.2, 0.25) is 0 Å². The Morgan fingerprint density at radius 3 is 2.93 bits per heavy atom. The number of nitrogens with one attached hydrogen (secondary N) is 1. The number of nitrogens with zero attached hydrogens (tertiary/aromatic N) is 1. The maximum absolute atomic E-state index is 12.5. The summed E-state index contributed by atoms with van der Waals surface area (Å²) in [4.78, 5) is 3.91. The maximum Gasteiger partial charge on any atom is 0.408 e. The van der Waals surface area contributed by atoms with E-state index in [0.29, 0.717) is 18.5 Å². The van der Waals surface area contributed by atoms with Crippen molar-refractivity contribution in [2.24, 2.45) is 4.99 Å². The number of aliphatic imine (C=N–C) groups is 1. The highest BCUT2D eigenvalue weighted by Crippen LogP contribution is 2.31. The van der Waals surface area contributed by atoms with Crippen molar-refractivity contribution >= 4 is 6.21 Å². The van der Waals surface area contributed by atoms with Gasteiger partial charge >= 0.3 is 6.18 Å². The molecule has 0 spiro atoms. The molecule has 0 radical (unpaired) electrons. The zero-order chi connectivity index (χ0) is 10.9. The molecule has 82 valence electrons. The van der Waals surface area contributed by atoms with E-state index in [-0.39, 0.29) is 6.42 Å². The molecule has 0 aromatic heterocycles. The summed E-state index contributed by atoms with van der Waals surface area (Å²) in [6.07, 6.45) is 1.92. The lowest BCUT2D eigenvalue weighted by Gasteiger charge is -2.29. The predicted molar refractivity (Wildman–Crippen MR) is 51.5 cm³/mol. The average Bonchev–Trinajstić information content (AvgIpc) is 2.39. The lowest BCUT2D eigenvalue weighted by Crippen LogP contribution is -2.44. The molecular weight excluding hydrogens is 205 g/mol. The van der Waals surface area contributed by atoms with Gasteiger partial charge in [-0.1, -0.05) is 0 Å². The SMILES string of the molecule is FC(F)(F)C1CCC2=C(C=CN=CC2)N1. The molecule has 0 saturated carbocycles. The number of allylic oxidation sites excluding steroid dienone is 2. The Morgan fingerprint density at radius 2 is 2.20 bits per heavy atom. The van der Waals surface area contributed by atoms with E-state index in [1.54, 1.807) is 12.3 Å². The monoisotopic (exact) mass is 216 g/mol. The summed E-state index contributed by atoms with van der Waals surface area (Å²) in [7, 11) is 0. The van der Waals surface area contributed by atoms with Crippen LogP contribution in [-0.4, -0.2) is 18.4 Å². The van der Waals surface area contributed by atoms with Gasteiger partial charge in [0.1, 0.15) is 6.04 Å². The fourth-order valence-corrected chi connectivity index (χ4v) is 1.78. The Kier molecular flexibility index (Phi) is 2.54. The minimum Gasteiger partial charge on any atom is -0.374 e. The lowest BCUT2D eigenvalue weighted by molar-refractivity contribution is -0.156. The number of hydrogen-bond acceptors (Lipinski definition) is 2. The van der Waals surface area contributed by atoms with Gasteiger partial charge in [-0.05, 0) is 24.5 Å². The molecule has 0 aromatic rings. The molecule has 5 heteroatoms. The largest absolute Gasteiger partial charge is 0.408 e. The Bertz CT molecular complexity index is 339. The first-order valence-electron chi connectivity index (χ1n) is 4.81. The second-order valence-corrected chi connectivity index (χ2v) is 3.65. The number of alkyl halides is 3. The van der Waals surface area contributed by atoms with Crippen molar-refractivity contribution in [2.75, 3.05) is 0 Å². The zero-order valence-electron chi connectivity index (χ0n) is 8.01. The topological polar surface area (TPSA) is 24.4 Å². The Hall–Kier alpha value is -1.26. The van der Waals surface area contributed by atoms with E-state index >= 15 is 0 Å². The molecule has 0 aliphatic carbocycles. The van der Waals surface area contributed by atoms with Crippen molar-refractivity contribution in [1.82, 2.24) is 5.32 Å². The summed E-state index contributed by atoms with van der Waals surface area (Å²) < 4.78 is 37.4. The molecule has 2 heterocycles. The van der Waals surface area contributed by atoms with Gasteiger partial charge in [0.2, 0.25) is 0 Å². The van der Waals surface area contributed by atoms with Gasteiger partial charge in [0.25, 0.3) is 0 Å². The van der Waals surface area contributed by atoms with Crippen LogP contribution in [0.5, 0.6) is 0 Å². The number of rotatable bonds is 0. The van der Waals surface area contributed by atoms with Gasteiger partial charge in [0.05, 0.1) is 0 Å². The molecule has 0 saturated heterocycles. The Morgan fingerprint density at radius 1 is 1.40 bits per heavy atom. The summed E-state index contributed by atoms with van der Waals surface area (Å²) in [6, 6.07) is -1.42. The standard InChI is InChI=1S/C10H11F3N2/c11-10(12,13)9-2-1-7-3-5-14-6-4-8(7)15-9/h4-6,9,15H,1-3H2. The van der Waals surface area contributed by atoms with Crippen LogP contribution in [0.3, 0.4) is 0 Å². The summed E-state index contributed by atoms with van der Waals surface area (Å²) >= 11 is 0. The van der Waals surface area contributed by atoms with Crippen LogP contribution in [-0.2, 0) is 0 Å². The minimum absolute atomic E-state index is 0.115. The first-order valence-corrected chi connectivity index (χ1v) is 4.81. The molecule has 0 fully saturated rings. The van der Waals surface area contributed by atoms with Crippen LogP contribution in [0, 0.1) is 0 Å². The van der Waals surface area contributed by atoms with Gasteiger partial charge in [-0.25, -0.2) is 0 Å². The van der Waals surface area contributed by atoms with Crippen molar-refractivity contribution in [3.63, 3.8) is 0 Å². The Labute approximate surface area is 85.6 Å². The third-order valence-electron chi connectivity index (χ3n) is 2.61. The van der Waals surface area contributed by atoms with Crippen molar-refractivity contribution in [3.8, 4) is 0 Å². The van der Waals surface area contributed by atoms with Crippen LogP contribution in [0.4, 0.5) is 13.2 Å². The highest BCUT2D eigenvalue weighted by Gasteiger charge is 2.41. The van der Waals surface area contributed by atoms with Gasteiger partial charge < -0.3 is 5.32 Å². The second kappa shape index (κ2) is 3.72. The maximum atomic E-state index is 12.5. The number of hydrogen-bond donors (Lipinski definition) is 1. The first-order chi connectivity index (χ1) is 7.07. The van der Waals surface area contributed by atoms with Gasteiger partial charge in [-0.15, -0.1) is 0 Å². The zero-order valence-corrected chi connectivity index (χ0v) is 8.01. The fourth-order valence-electron chi connectivity index (χ4n) is 1.78. The summed E-state index contributed by atoms with van der Waals surface area (Å²) in [5.74, 6) is 0. The van der Waals surface area contributed by atoms with Crippen molar-refractivity contribution in [2.45, 2.75) is 31.5 Å². The average molecular weight is 216 g/mol. The molecular formula is C10H11F3N2. The quantitative estimate of drug-likeness (QED) is 0.661. The van der Waals surface area contributed by atoms with E-state index in [4.69, 9.17) is 0 Å². The molecule has 0 amide bonds. The molecule has 2 nitrogen and oxygen atoms in total.